The van der Waals surface area contributed by atoms with Crippen LogP contribution in [-0.4, -0.2) is 46.3 Å². The maximum Gasteiger partial charge on any atom is 0.310 e. The third-order valence-electron chi connectivity index (χ3n) is 7.29. The van der Waals surface area contributed by atoms with Crippen LogP contribution in [0.1, 0.15) is 64.5 Å². The molecule has 0 aromatic heterocycles. The molecule has 4 unspecified atom stereocenters. The number of hydrogen-bond acceptors (Lipinski definition) is 7. The van der Waals surface area contributed by atoms with Crippen LogP contribution in [-0.2, 0) is 24.5 Å². The van der Waals surface area contributed by atoms with Gasteiger partial charge in [-0.05, 0) is 49.7 Å². The molecule has 0 radical (unpaired) electrons. The van der Waals surface area contributed by atoms with Gasteiger partial charge in [-0.1, -0.05) is 86.7 Å². The Balaban J connectivity index is 2.55. The van der Waals surface area contributed by atoms with Crippen molar-refractivity contribution in [2.24, 2.45) is 11.3 Å². The Labute approximate surface area is 242 Å². The molecule has 0 aliphatic heterocycles. The quantitative estimate of drug-likeness (QED) is 0.142. The number of esters is 1. The van der Waals surface area contributed by atoms with Crippen LogP contribution >= 0.6 is 24.0 Å². The highest BCUT2D eigenvalue weighted by molar-refractivity contribution is 8.24. The highest BCUT2D eigenvalue weighted by Gasteiger charge is 2.47. The van der Waals surface area contributed by atoms with Crippen LogP contribution in [0, 0.1) is 22.7 Å². The van der Waals surface area contributed by atoms with Crippen LogP contribution in [0.2, 0.25) is 0 Å². The summed E-state index contributed by atoms with van der Waals surface area (Å²) in [5.41, 5.74) is 0.434. The highest BCUT2D eigenvalue weighted by atomic mass is 32.2. The van der Waals surface area contributed by atoms with E-state index in [1.165, 1.54) is 11.8 Å². The number of aliphatic carboxylic acids is 1. The fraction of sp³-hybridized carbons (Fsp3) is 0.484. The lowest BCUT2D eigenvalue weighted by Crippen LogP contribution is -2.44. The largest absolute Gasteiger partial charge is 0.481 e. The second-order valence-corrected chi connectivity index (χ2v) is 13.0. The Morgan fingerprint density at radius 1 is 1.03 bits per heavy atom. The summed E-state index contributed by atoms with van der Waals surface area (Å²) in [6.45, 7) is 8.24. The molecule has 0 amide bonds. The summed E-state index contributed by atoms with van der Waals surface area (Å²) in [4.78, 5) is 24.6. The van der Waals surface area contributed by atoms with Crippen LogP contribution in [0.15, 0.2) is 60.7 Å². The van der Waals surface area contributed by atoms with Crippen LogP contribution in [0.5, 0.6) is 0 Å². The maximum atomic E-state index is 13.3. The number of carboxylic acid groups (broad SMARTS) is 1. The van der Waals surface area contributed by atoms with E-state index in [9.17, 15) is 20.0 Å². The molecule has 2 rings (SSSR count). The second kappa shape index (κ2) is 14.6. The van der Waals surface area contributed by atoms with Gasteiger partial charge in [0.05, 0.1) is 28.2 Å². The summed E-state index contributed by atoms with van der Waals surface area (Å²) >= 11 is 7.33. The Morgan fingerprint density at radius 3 is 2.15 bits per heavy atom. The minimum Gasteiger partial charge on any atom is -0.481 e. The van der Waals surface area contributed by atoms with Gasteiger partial charge < -0.3 is 14.6 Å². The van der Waals surface area contributed by atoms with E-state index in [1.54, 1.807) is 7.11 Å². The van der Waals surface area contributed by atoms with Gasteiger partial charge in [0.15, 0.2) is 0 Å². The first kappa shape index (κ1) is 32.5. The predicted molar refractivity (Wildman–Crippen MR) is 160 cm³/mol. The summed E-state index contributed by atoms with van der Waals surface area (Å²) in [5, 5.41) is 19.5. The highest BCUT2D eigenvalue weighted by Crippen LogP contribution is 2.50. The molecule has 0 heterocycles. The first-order chi connectivity index (χ1) is 18.4. The van der Waals surface area contributed by atoms with Crippen molar-refractivity contribution >= 4 is 40.1 Å². The zero-order valence-corrected chi connectivity index (χ0v) is 25.1. The minimum absolute atomic E-state index is 0.0960. The van der Waals surface area contributed by atoms with Crippen LogP contribution in [0.25, 0.3) is 0 Å². The van der Waals surface area contributed by atoms with E-state index in [0.717, 1.165) is 11.1 Å². The molecule has 39 heavy (non-hydrogen) atoms. The molecule has 0 saturated carbocycles. The molecule has 0 aliphatic carbocycles. The average molecular weight is 570 g/mol. The van der Waals surface area contributed by atoms with Gasteiger partial charge in [-0.25, -0.2) is 0 Å². The Bertz CT molecular complexity index is 1150. The fourth-order valence-corrected chi connectivity index (χ4v) is 7.08. The standard InChI is InChI=1S/C31H39NO5S2/c1-23(27(35)37-19-18-36-5)31(4,39-28(38)24-12-8-6-9-13-24)21-30(3,25-14-10-7-11-15-25)20-29(2,22-32)17-16-26(33)34/h6-15,23H,16-21H2,1-5H3,(H,33,34). The second-order valence-electron chi connectivity index (χ2n) is 10.8. The van der Waals surface area contributed by atoms with E-state index >= 15 is 0 Å². The number of thioether (sulfide) groups is 1. The Hall–Kier alpha value is -2.73. The molecule has 2 aromatic carbocycles. The van der Waals surface area contributed by atoms with Gasteiger partial charge in [0, 0.05) is 18.3 Å². The van der Waals surface area contributed by atoms with Crippen LogP contribution < -0.4 is 0 Å². The van der Waals surface area contributed by atoms with E-state index in [2.05, 4.69) is 13.0 Å². The third kappa shape index (κ3) is 9.45. The van der Waals surface area contributed by atoms with Crippen molar-refractivity contribution in [3.63, 3.8) is 0 Å². The normalized spacial score (nSPS) is 16.5. The van der Waals surface area contributed by atoms with Gasteiger partial charge in [-0.3, -0.25) is 9.59 Å². The molecule has 0 bridgehead atoms. The number of nitriles is 1. The molecule has 0 saturated heterocycles. The van der Waals surface area contributed by atoms with Crippen molar-refractivity contribution in [3.8, 4) is 6.07 Å². The van der Waals surface area contributed by atoms with Gasteiger partial charge in [0.1, 0.15) is 6.61 Å². The monoisotopic (exact) mass is 569 g/mol. The number of carboxylic acids is 1. The zero-order valence-electron chi connectivity index (χ0n) is 23.4. The lowest BCUT2D eigenvalue weighted by atomic mass is 9.64. The van der Waals surface area contributed by atoms with Crippen molar-refractivity contribution in [1.29, 1.82) is 5.26 Å². The van der Waals surface area contributed by atoms with Gasteiger partial charge in [0.2, 0.25) is 0 Å². The molecule has 8 heteroatoms. The van der Waals surface area contributed by atoms with Crippen molar-refractivity contribution in [2.45, 2.75) is 63.5 Å². The SMILES string of the molecule is COCCOC(=O)C(C)C(C)(CC(C)(CC(C)(C#N)CCC(=O)O)c1ccccc1)SC(=S)c1ccccc1. The van der Waals surface area contributed by atoms with E-state index < -0.39 is 27.5 Å². The summed E-state index contributed by atoms with van der Waals surface area (Å²) in [6.07, 6.45) is 1.03. The summed E-state index contributed by atoms with van der Waals surface area (Å²) in [7, 11) is 1.55. The van der Waals surface area contributed by atoms with Crippen molar-refractivity contribution < 1.29 is 24.2 Å². The number of methoxy groups -OCH3 is 1. The lowest BCUT2D eigenvalue weighted by Gasteiger charge is -2.44. The van der Waals surface area contributed by atoms with Gasteiger partial charge in [-0.15, -0.1) is 11.8 Å². The molecule has 0 aliphatic rings. The molecular weight excluding hydrogens is 530 g/mol. The topological polar surface area (TPSA) is 96.6 Å². The molecule has 210 valence electrons. The molecular formula is C31H39NO5S2. The Morgan fingerprint density at radius 2 is 1.62 bits per heavy atom. The first-order valence-corrected chi connectivity index (χ1v) is 14.2. The van der Waals surface area contributed by atoms with Gasteiger partial charge in [-0.2, -0.15) is 5.26 Å². The third-order valence-corrected chi connectivity index (χ3v) is 9.16. The minimum atomic E-state index is -0.932. The summed E-state index contributed by atoms with van der Waals surface area (Å²) in [6, 6.07) is 22.0. The fourth-order valence-electron chi connectivity index (χ4n) is 5.03. The number of thiocarbonyl (C=S) groups is 1. The number of nitrogens with zero attached hydrogens (tertiary/aromatic N) is 1. The number of carbonyl (C=O) groups is 2. The molecule has 6 nitrogen and oxygen atoms in total. The van der Waals surface area contributed by atoms with Crippen molar-refractivity contribution in [2.75, 3.05) is 20.3 Å². The van der Waals surface area contributed by atoms with Gasteiger partial charge in [0.25, 0.3) is 0 Å². The lowest BCUT2D eigenvalue weighted by molar-refractivity contribution is -0.150. The number of hydrogen-bond donors (Lipinski definition) is 1. The summed E-state index contributed by atoms with van der Waals surface area (Å²) < 4.78 is 10.5. The van der Waals surface area contributed by atoms with E-state index in [-0.39, 0.29) is 25.4 Å². The van der Waals surface area contributed by atoms with E-state index in [1.807, 2.05) is 81.4 Å². The number of benzene rings is 2. The number of carbonyl (C=O) groups excluding carboxylic acids is 1. The van der Waals surface area contributed by atoms with E-state index in [4.69, 9.17) is 21.7 Å². The smallest absolute Gasteiger partial charge is 0.310 e. The molecule has 1 N–H and O–H groups in total. The molecule has 0 spiro atoms. The number of ether oxygens (including phenoxy) is 2. The number of rotatable bonds is 15. The average Bonchev–Trinajstić information content (AvgIpc) is 2.92. The van der Waals surface area contributed by atoms with E-state index in [0.29, 0.717) is 23.6 Å². The zero-order chi connectivity index (χ0) is 29.1. The Kier molecular flexibility index (Phi) is 12.2. The van der Waals surface area contributed by atoms with Crippen molar-refractivity contribution in [1.82, 2.24) is 0 Å². The van der Waals surface area contributed by atoms with Crippen LogP contribution in [0.4, 0.5) is 0 Å². The predicted octanol–water partition coefficient (Wildman–Crippen LogP) is 6.81. The molecule has 2 aromatic rings. The molecule has 0 fully saturated rings. The van der Waals surface area contributed by atoms with Crippen LogP contribution in [0.3, 0.4) is 0 Å². The van der Waals surface area contributed by atoms with Crippen molar-refractivity contribution in [3.05, 3.63) is 71.8 Å². The van der Waals surface area contributed by atoms with Gasteiger partial charge >= 0.3 is 11.9 Å². The first-order valence-electron chi connectivity index (χ1n) is 13.0. The maximum absolute atomic E-state index is 13.3. The summed E-state index contributed by atoms with van der Waals surface area (Å²) in [5.74, 6) is -1.82. The molecule has 4 atom stereocenters.